The van der Waals surface area contributed by atoms with Crippen LogP contribution < -0.4 is 0 Å². The molecule has 2 heterocycles. The van der Waals surface area contributed by atoms with Gasteiger partial charge in [0.1, 0.15) is 0 Å². The normalized spacial score (nSPS) is 10.6. The molecular formula is C12H14S2. The third-order valence-electron chi connectivity index (χ3n) is 2.22. The van der Waals surface area contributed by atoms with Crippen LogP contribution in [0.2, 0.25) is 0 Å². The summed E-state index contributed by atoms with van der Waals surface area (Å²) < 4.78 is 0. The van der Waals surface area contributed by atoms with Crippen LogP contribution in [-0.2, 0) is 12.8 Å². The highest BCUT2D eigenvalue weighted by Crippen LogP contribution is 2.18. The van der Waals surface area contributed by atoms with Gasteiger partial charge in [0.25, 0.3) is 0 Å². The molecule has 2 aromatic rings. The Morgan fingerprint density at radius 3 is 2.57 bits per heavy atom. The zero-order valence-corrected chi connectivity index (χ0v) is 9.96. The average molecular weight is 222 g/mol. The van der Waals surface area contributed by atoms with Gasteiger partial charge in [-0.05, 0) is 49.8 Å². The van der Waals surface area contributed by atoms with E-state index < -0.39 is 0 Å². The number of rotatable bonds is 4. The van der Waals surface area contributed by atoms with Crippen LogP contribution in [0, 0.1) is 6.92 Å². The molecule has 2 rings (SSSR count). The van der Waals surface area contributed by atoms with Crippen molar-refractivity contribution in [2.24, 2.45) is 0 Å². The van der Waals surface area contributed by atoms with E-state index in [2.05, 4.69) is 36.6 Å². The van der Waals surface area contributed by atoms with Crippen LogP contribution in [0.1, 0.15) is 21.1 Å². The average Bonchev–Trinajstić information content (AvgIpc) is 2.77. The highest BCUT2D eigenvalue weighted by Gasteiger charge is 1.98. The van der Waals surface area contributed by atoms with E-state index in [1.165, 1.54) is 33.9 Å². The highest BCUT2D eigenvalue weighted by molar-refractivity contribution is 7.11. The predicted octanol–water partition coefficient (Wildman–Crippen LogP) is 4.29. The monoisotopic (exact) mass is 222 g/mol. The number of hydrogen-bond acceptors (Lipinski definition) is 2. The first-order valence-electron chi connectivity index (χ1n) is 4.92. The molecule has 0 bridgehead atoms. The van der Waals surface area contributed by atoms with E-state index in [9.17, 15) is 0 Å². The van der Waals surface area contributed by atoms with Crippen LogP contribution in [0.3, 0.4) is 0 Å². The van der Waals surface area contributed by atoms with E-state index in [0.717, 1.165) is 0 Å². The van der Waals surface area contributed by atoms with Crippen molar-refractivity contribution in [2.75, 3.05) is 0 Å². The Kier molecular flexibility index (Phi) is 3.38. The van der Waals surface area contributed by atoms with Crippen molar-refractivity contribution >= 4 is 22.7 Å². The van der Waals surface area contributed by atoms with Gasteiger partial charge in [0.15, 0.2) is 0 Å². The molecule has 0 aliphatic carbocycles. The van der Waals surface area contributed by atoms with Gasteiger partial charge in [-0.25, -0.2) is 0 Å². The Balaban J connectivity index is 1.78. The van der Waals surface area contributed by atoms with Crippen molar-refractivity contribution < 1.29 is 0 Å². The van der Waals surface area contributed by atoms with E-state index in [1.807, 2.05) is 22.7 Å². The molecule has 0 spiro atoms. The Morgan fingerprint density at radius 1 is 1.07 bits per heavy atom. The smallest absolute Gasteiger partial charge is 0.00481 e. The fourth-order valence-electron chi connectivity index (χ4n) is 1.51. The fourth-order valence-corrected chi connectivity index (χ4v) is 3.19. The number of aryl methyl sites for hydroxylation is 3. The Bertz CT molecular complexity index is 371. The number of thiophene rings is 2. The first-order valence-corrected chi connectivity index (χ1v) is 6.62. The van der Waals surface area contributed by atoms with Crippen molar-refractivity contribution in [1.82, 2.24) is 0 Å². The molecule has 0 fully saturated rings. The summed E-state index contributed by atoms with van der Waals surface area (Å²) in [4.78, 5) is 4.47. The lowest BCUT2D eigenvalue weighted by Gasteiger charge is -1.95. The van der Waals surface area contributed by atoms with Gasteiger partial charge in [0.05, 0.1) is 0 Å². The first-order chi connectivity index (χ1) is 6.84. The second-order valence-corrected chi connectivity index (χ2v) is 5.85. The second-order valence-electron chi connectivity index (χ2n) is 3.45. The van der Waals surface area contributed by atoms with E-state index in [0.29, 0.717) is 0 Å². The molecule has 0 aromatic carbocycles. The molecule has 2 aromatic heterocycles. The summed E-state index contributed by atoms with van der Waals surface area (Å²) in [6.45, 7) is 2.17. The predicted molar refractivity (Wildman–Crippen MR) is 65.4 cm³/mol. The maximum atomic E-state index is 2.26. The van der Waals surface area contributed by atoms with Crippen molar-refractivity contribution in [3.05, 3.63) is 44.3 Å². The topological polar surface area (TPSA) is 0 Å². The highest BCUT2D eigenvalue weighted by atomic mass is 32.1. The van der Waals surface area contributed by atoms with Gasteiger partial charge in [0.2, 0.25) is 0 Å². The van der Waals surface area contributed by atoms with E-state index in [4.69, 9.17) is 0 Å². The number of hydrogen-bond donors (Lipinski definition) is 0. The molecule has 0 saturated carbocycles. The molecule has 0 atom stereocenters. The van der Waals surface area contributed by atoms with E-state index in [1.54, 1.807) is 0 Å². The van der Waals surface area contributed by atoms with Crippen molar-refractivity contribution in [3.8, 4) is 0 Å². The van der Waals surface area contributed by atoms with Crippen molar-refractivity contribution in [1.29, 1.82) is 0 Å². The molecule has 0 N–H and O–H groups in total. The standard InChI is InChI=1S/C12H14S2/c1-10-7-8-12(14-10)5-2-4-11-6-3-9-13-11/h3,6-9H,2,4-5H2,1H3. The molecule has 0 aliphatic heterocycles. The molecular weight excluding hydrogens is 208 g/mol. The van der Waals surface area contributed by atoms with Gasteiger partial charge in [-0.15, -0.1) is 22.7 Å². The summed E-state index contributed by atoms with van der Waals surface area (Å²) >= 11 is 3.80. The van der Waals surface area contributed by atoms with Crippen LogP contribution in [0.25, 0.3) is 0 Å². The van der Waals surface area contributed by atoms with Gasteiger partial charge in [0, 0.05) is 14.6 Å². The maximum absolute atomic E-state index is 2.26. The maximum Gasteiger partial charge on any atom is 0.00481 e. The molecule has 0 saturated heterocycles. The molecule has 0 unspecified atom stereocenters. The Labute approximate surface area is 93.2 Å². The molecule has 74 valence electrons. The van der Waals surface area contributed by atoms with E-state index >= 15 is 0 Å². The molecule has 0 aliphatic rings. The summed E-state index contributed by atoms with van der Waals surface area (Å²) in [7, 11) is 0. The largest absolute Gasteiger partial charge is 0.149 e. The van der Waals surface area contributed by atoms with E-state index in [-0.39, 0.29) is 0 Å². The summed E-state index contributed by atoms with van der Waals surface area (Å²) in [6.07, 6.45) is 3.74. The van der Waals surface area contributed by atoms with Crippen LogP contribution in [0.5, 0.6) is 0 Å². The van der Waals surface area contributed by atoms with Crippen molar-refractivity contribution in [3.63, 3.8) is 0 Å². The third-order valence-corrected chi connectivity index (χ3v) is 4.22. The molecule has 14 heavy (non-hydrogen) atoms. The van der Waals surface area contributed by atoms with Gasteiger partial charge < -0.3 is 0 Å². The SMILES string of the molecule is Cc1ccc(CCCc2cccs2)s1. The Hall–Kier alpha value is -0.600. The molecule has 0 radical (unpaired) electrons. The van der Waals surface area contributed by atoms with Gasteiger partial charge >= 0.3 is 0 Å². The minimum Gasteiger partial charge on any atom is -0.149 e. The lowest BCUT2D eigenvalue weighted by molar-refractivity contribution is 0.842. The van der Waals surface area contributed by atoms with Gasteiger partial charge in [-0.2, -0.15) is 0 Å². The Morgan fingerprint density at radius 2 is 1.93 bits per heavy atom. The third kappa shape index (κ3) is 2.69. The minimum absolute atomic E-state index is 1.23. The summed E-state index contributed by atoms with van der Waals surface area (Å²) in [5.74, 6) is 0. The zero-order valence-electron chi connectivity index (χ0n) is 8.32. The second kappa shape index (κ2) is 4.76. The summed E-state index contributed by atoms with van der Waals surface area (Å²) in [5, 5.41) is 2.16. The van der Waals surface area contributed by atoms with Crippen LogP contribution in [0.15, 0.2) is 29.6 Å². The first kappa shape index (κ1) is 9.94. The van der Waals surface area contributed by atoms with Crippen LogP contribution in [-0.4, -0.2) is 0 Å². The summed E-state index contributed by atoms with van der Waals surface area (Å²) in [5.41, 5.74) is 0. The zero-order chi connectivity index (χ0) is 9.80. The van der Waals surface area contributed by atoms with Crippen LogP contribution in [0.4, 0.5) is 0 Å². The molecule has 0 nitrogen and oxygen atoms in total. The lowest BCUT2D eigenvalue weighted by atomic mass is 10.2. The minimum atomic E-state index is 1.23. The molecule has 0 amide bonds. The quantitative estimate of drug-likeness (QED) is 0.724. The van der Waals surface area contributed by atoms with Crippen molar-refractivity contribution in [2.45, 2.75) is 26.2 Å². The van der Waals surface area contributed by atoms with Crippen LogP contribution >= 0.6 is 22.7 Å². The van der Waals surface area contributed by atoms with Gasteiger partial charge in [-0.3, -0.25) is 0 Å². The molecule has 2 heteroatoms. The lowest BCUT2D eigenvalue weighted by Crippen LogP contribution is -1.84. The fraction of sp³-hybridized carbons (Fsp3) is 0.333. The van der Waals surface area contributed by atoms with Gasteiger partial charge in [-0.1, -0.05) is 6.07 Å². The summed E-state index contributed by atoms with van der Waals surface area (Å²) in [6, 6.07) is 8.83.